The van der Waals surface area contributed by atoms with Gasteiger partial charge < -0.3 is 18.9 Å². The van der Waals surface area contributed by atoms with Gasteiger partial charge in [-0.1, -0.05) is 0 Å². The minimum absolute atomic E-state index is 0.227. The lowest BCUT2D eigenvalue weighted by Crippen LogP contribution is -1.91. The molecule has 0 aromatic rings. The highest BCUT2D eigenvalue weighted by Gasteiger charge is 2.17. The van der Waals surface area contributed by atoms with E-state index in [0.717, 1.165) is 0 Å². The molecular weight excluding hydrogens is 136 g/mol. The third-order valence-electron chi connectivity index (χ3n) is 0.978. The molecule has 0 N–H and O–H groups in total. The molecule has 4 heteroatoms. The van der Waals surface area contributed by atoms with E-state index in [1.807, 2.05) is 0 Å². The van der Waals surface area contributed by atoms with E-state index in [4.69, 9.17) is 18.9 Å². The predicted octanol–water partition coefficient (Wildman–Crippen LogP) is 1.15. The molecule has 0 fully saturated rings. The van der Waals surface area contributed by atoms with E-state index in [2.05, 4.69) is 0 Å². The zero-order valence-electron chi connectivity index (χ0n) is 4.94. The molecule has 0 saturated heterocycles. The lowest BCUT2D eigenvalue weighted by molar-refractivity contribution is 0.103. The van der Waals surface area contributed by atoms with Crippen molar-refractivity contribution in [3.8, 4) is 0 Å². The summed E-state index contributed by atoms with van der Waals surface area (Å²) in [6, 6.07) is 0. The lowest BCUT2D eigenvalue weighted by Gasteiger charge is -1.99. The summed E-state index contributed by atoms with van der Waals surface area (Å²) in [5, 5.41) is 0. The van der Waals surface area contributed by atoms with Gasteiger partial charge in [-0.3, -0.25) is 0 Å². The van der Waals surface area contributed by atoms with Crippen molar-refractivity contribution in [1.82, 2.24) is 0 Å². The minimum Gasteiger partial charge on any atom is -0.425 e. The summed E-state index contributed by atoms with van der Waals surface area (Å²) in [7, 11) is 0. The molecule has 0 aliphatic carbocycles. The number of rotatable bonds is 0. The zero-order chi connectivity index (χ0) is 6.81. The van der Waals surface area contributed by atoms with E-state index in [9.17, 15) is 0 Å². The van der Waals surface area contributed by atoms with Crippen LogP contribution in [-0.2, 0) is 18.9 Å². The fraction of sp³-hybridized carbons (Fsp3) is 0. The van der Waals surface area contributed by atoms with Crippen LogP contribution in [-0.4, -0.2) is 0 Å². The zero-order valence-corrected chi connectivity index (χ0v) is 4.94. The summed E-state index contributed by atoms with van der Waals surface area (Å²) in [6.45, 7) is 0. The first-order valence-corrected chi connectivity index (χ1v) is 2.68. The molecule has 0 aromatic heterocycles. The Morgan fingerprint density at radius 2 is 0.900 bits per heavy atom. The normalized spacial score (nSPS) is 20.0. The van der Waals surface area contributed by atoms with Crippen LogP contribution in [0.5, 0.6) is 0 Å². The van der Waals surface area contributed by atoms with Gasteiger partial charge in [0, 0.05) is 0 Å². The quantitative estimate of drug-likeness (QED) is 0.505. The second-order valence-corrected chi connectivity index (χ2v) is 1.59. The number of ether oxygens (including phenoxy) is 4. The molecule has 0 radical (unpaired) electrons. The van der Waals surface area contributed by atoms with Gasteiger partial charge in [0.25, 0.3) is 0 Å². The highest BCUT2D eigenvalue weighted by molar-refractivity contribution is 4.99. The SMILES string of the molecule is C1=COC(=C2OC=CO2)O1. The second-order valence-electron chi connectivity index (χ2n) is 1.59. The van der Waals surface area contributed by atoms with E-state index in [0.29, 0.717) is 0 Å². The highest BCUT2D eigenvalue weighted by atomic mass is 16.7. The van der Waals surface area contributed by atoms with Crippen molar-refractivity contribution in [3.63, 3.8) is 0 Å². The van der Waals surface area contributed by atoms with E-state index >= 15 is 0 Å². The Labute approximate surface area is 56.9 Å². The van der Waals surface area contributed by atoms with E-state index in [1.165, 1.54) is 25.0 Å². The van der Waals surface area contributed by atoms with Gasteiger partial charge in [0.15, 0.2) is 0 Å². The molecule has 52 valence electrons. The van der Waals surface area contributed by atoms with Crippen molar-refractivity contribution in [2.24, 2.45) is 0 Å². The van der Waals surface area contributed by atoms with Crippen LogP contribution in [0.1, 0.15) is 0 Å². The minimum atomic E-state index is 0.227. The van der Waals surface area contributed by atoms with Crippen molar-refractivity contribution in [3.05, 3.63) is 36.9 Å². The molecule has 2 rings (SSSR count). The van der Waals surface area contributed by atoms with E-state index in [-0.39, 0.29) is 11.9 Å². The van der Waals surface area contributed by atoms with E-state index < -0.39 is 0 Å². The molecule has 0 aromatic carbocycles. The first kappa shape index (κ1) is 5.22. The summed E-state index contributed by atoms with van der Waals surface area (Å²) in [5.74, 6) is 0.454. The van der Waals surface area contributed by atoms with Gasteiger partial charge in [0.05, 0.1) is 0 Å². The molecule has 0 unspecified atom stereocenters. The summed E-state index contributed by atoms with van der Waals surface area (Å²) in [6.07, 6.45) is 5.58. The topological polar surface area (TPSA) is 36.9 Å². The van der Waals surface area contributed by atoms with Gasteiger partial charge in [-0.2, -0.15) is 0 Å². The van der Waals surface area contributed by atoms with Gasteiger partial charge in [-0.25, -0.2) is 0 Å². The summed E-state index contributed by atoms with van der Waals surface area (Å²) >= 11 is 0. The fourth-order valence-corrected chi connectivity index (χ4v) is 0.606. The van der Waals surface area contributed by atoms with Gasteiger partial charge in [0.1, 0.15) is 25.0 Å². The maximum atomic E-state index is 4.82. The molecule has 0 amide bonds. The van der Waals surface area contributed by atoms with Crippen molar-refractivity contribution < 1.29 is 18.9 Å². The van der Waals surface area contributed by atoms with Crippen molar-refractivity contribution in [1.29, 1.82) is 0 Å². The Balaban J connectivity index is 2.14. The number of hydrogen-bond donors (Lipinski definition) is 0. The molecule has 0 spiro atoms. The average molecular weight is 140 g/mol. The monoisotopic (exact) mass is 140 g/mol. The Morgan fingerprint density at radius 1 is 0.600 bits per heavy atom. The van der Waals surface area contributed by atoms with Crippen LogP contribution < -0.4 is 0 Å². The Bertz CT molecular complexity index is 182. The molecule has 0 atom stereocenters. The second kappa shape index (κ2) is 1.98. The smallest absolute Gasteiger partial charge is 0.375 e. The van der Waals surface area contributed by atoms with Crippen LogP contribution in [0.2, 0.25) is 0 Å². The van der Waals surface area contributed by atoms with Gasteiger partial charge >= 0.3 is 11.9 Å². The van der Waals surface area contributed by atoms with Crippen LogP contribution in [0.25, 0.3) is 0 Å². The van der Waals surface area contributed by atoms with Gasteiger partial charge in [-0.05, 0) is 0 Å². The molecule has 2 heterocycles. The van der Waals surface area contributed by atoms with Crippen molar-refractivity contribution in [2.45, 2.75) is 0 Å². The number of hydrogen-bond acceptors (Lipinski definition) is 4. The van der Waals surface area contributed by atoms with Gasteiger partial charge in [0.2, 0.25) is 0 Å². The largest absolute Gasteiger partial charge is 0.425 e. The Kier molecular flexibility index (Phi) is 1.04. The Morgan fingerprint density at radius 3 is 1.20 bits per heavy atom. The predicted molar refractivity (Wildman–Crippen MR) is 29.6 cm³/mol. The maximum Gasteiger partial charge on any atom is 0.375 e. The molecule has 0 saturated carbocycles. The average Bonchev–Trinajstić information content (AvgIpc) is 2.59. The van der Waals surface area contributed by atoms with E-state index in [1.54, 1.807) is 0 Å². The molecule has 4 nitrogen and oxygen atoms in total. The standard InChI is InChI=1S/C6H4O4/c1-2-8-5(7-1)6-9-3-4-10-6/h1-4H. The van der Waals surface area contributed by atoms with Crippen LogP contribution in [0.3, 0.4) is 0 Å². The van der Waals surface area contributed by atoms with Crippen molar-refractivity contribution in [2.75, 3.05) is 0 Å². The molecule has 2 aliphatic rings. The van der Waals surface area contributed by atoms with Gasteiger partial charge in [-0.15, -0.1) is 0 Å². The van der Waals surface area contributed by atoms with Crippen LogP contribution in [0, 0.1) is 0 Å². The molecule has 10 heavy (non-hydrogen) atoms. The third kappa shape index (κ3) is 0.699. The molecular formula is C6H4O4. The first-order chi connectivity index (χ1) is 4.97. The third-order valence-corrected chi connectivity index (χ3v) is 0.978. The molecule has 2 aliphatic heterocycles. The van der Waals surface area contributed by atoms with Crippen molar-refractivity contribution >= 4 is 0 Å². The summed E-state index contributed by atoms with van der Waals surface area (Å²) in [4.78, 5) is 0. The maximum absolute atomic E-state index is 4.82. The first-order valence-electron chi connectivity index (χ1n) is 2.68. The summed E-state index contributed by atoms with van der Waals surface area (Å²) < 4.78 is 19.3. The van der Waals surface area contributed by atoms with Crippen LogP contribution in [0.15, 0.2) is 36.9 Å². The van der Waals surface area contributed by atoms with Crippen LogP contribution in [0.4, 0.5) is 0 Å². The Hall–Kier alpha value is -1.58. The summed E-state index contributed by atoms with van der Waals surface area (Å²) in [5.41, 5.74) is 0. The fourth-order valence-electron chi connectivity index (χ4n) is 0.606. The van der Waals surface area contributed by atoms with Crippen LogP contribution >= 0.6 is 0 Å². The lowest BCUT2D eigenvalue weighted by atomic mass is 10.9. The molecule has 0 bridgehead atoms. The highest BCUT2D eigenvalue weighted by Crippen LogP contribution is 2.20.